The smallest absolute Gasteiger partial charge is 0.251 e. The Hall–Kier alpha value is -2.57. The maximum absolute atomic E-state index is 11.8. The van der Waals surface area contributed by atoms with Crippen molar-refractivity contribution in [2.24, 2.45) is 27.2 Å². The first-order valence-corrected chi connectivity index (χ1v) is 6.16. The third kappa shape index (κ3) is 2.71. The topological polar surface area (TPSA) is 132 Å². The highest BCUT2D eigenvalue weighted by atomic mass is 16.1. The van der Waals surface area contributed by atoms with Crippen LogP contribution in [0.3, 0.4) is 0 Å². The van der Waals surface area contributed by atoms with Crippen molar-refractivity contribution >= 4 is 23.5 Å². The zero-order valence-corrected chi connectivity index (χ0v) is 11.5. The van der Waals surface area contributed by atoms with E-state index in [1.165, 1.54) is 0 Å². The molecule has 1 aromatic carbocycles. The van der Waals surface area contributed by atoms with Crippen molar-refractivity contribution in [2.45, 2.75) is 19.3 Å². The first-order valence-electron chi connectivity index (χ1n) is 6.16. The van der Waals surface area contributed by atoms with Gasteiger partial charge in [0.25, 0.3) is 5.91 Å². The number of rotatable bonds is 1. The summed E-state index contributed by atoms with van der Waals surface area (Å²) < 4.78 is 0. The predicted octanol–water partition coefficient (Wildman–Crippen LogP) is -0.0728. The molecule has 0 radical (unpaired) electrons. The molecule has 0 spiro atoms. The Kier molecular flexibility index (Phi) is 3.35. The average molecular weight is 274 g/mol. The summed E-state index contributed by atoms with van der Waals surface area (Å²) in [5, 5.41) is 2.86. The van der Waals surface area contributed by atoms with E-state index in [2.05, 4.69) is 29.1 Å². The second-order valence-electron chi connectivity index (χ2n) is 5.30. The largest absolute Gasteiger partial charge is 0.370 e. The van der Waals surface area contributed by atoms with E-state index in [4.69, 9.17) is 17.2 Å². The van der Waals surface area contributed by atoms with Crippen LogP contribution in [0.1, 0.15) is 29.8 Å². The monoisotopic (exact) mass is 274 g/mol. The summed E-state index contributed by atoms with van der Waals surface area (Å²) in [6.07, 6.45) is 0. The number of aliphatic imine (C=N–C) groups is 2. The van der Waals surface area contributed by atoms with Gasteiger partial charge in [-0.3, -0.25) is 4.79 Å². The number of nitrogens with one attached hydrogen (secondary N) is 1. The van der Waals surface area contributed by atoms with Crippen LogP contribution >= 0.6 is 0 Å². The predicted molar refractivity (Wildman–Crippen MR) is 78.9 cm³/mol. The number of amides is 1. The molecule has 0 saturated heterocycles. The molecule has 0 atom stereocenters. The maximum atomic E-state index is 11.8. The number of hydrogen-bond donors (Lipinski definition) is 4. The van der Waals surface area contributed by atoms with Gasteiger partial charge in [-0.15, -0.1) is 0 Å². The Morgan fingerprint density at radius 3 is 2.65 bits per heavy atom. The zero-order valence-electron chi connectivity index (χ0n) is 11.5. The summed E-state index contributed by atoms with van der Waals surface area (Å²) in [6.45, 7) is 4.69. The lowest BCUT2D eigenvalue weighted by Crippen LogP contribution is -2.43. The molecule has 7 nitrogen and oxygen atoms in total. The second-order valence-corrected chi connectivity index (χ2v) is 5.30. The van der Waals surface area contributed by atoms with Crippen molar-refractivity contribution in [3.05, 3.63) is 29.3 Å². The van der Waals surface area contributed by atoms with E-state index in [9.17, 15) is 4.79 Å². The lowest BCUT2D eigenvalue weighted by molar-refractivity contribution is 0.0930. The minimum atomic E-state index is -0.167. The molecular weight excluding hydrogens is 256 g/mol. The molecule has 1 amide bonds. The number of nitrogens with two attached hydrogens (primary N) is 3. The van der Waals surface area contributed by atoms with Gasteiger partial charge in [0.2, 0.25) is 5.96 Å². The van der Waals surface area contributed by atoms with Gasteiger partial charge >= 0.3 is 0 Å². The molecule has 0 aliphatic carbocycles. The number of hydrogen-bond acceptors (Lipinski definition) is 2. The molecule has 7 heteroatoms. The molecule has 1 aromatic rings. The normalized spacial score (nSPS) is 17.1. The van der Waals surface area contributed by atoms with Crippen LogP contribution < -0.4 is 22.5 Å². The summed E-state index contributed by atoms with van der Waals surface area (Å²) >= 11 is 0. The van der Waals surface area contributed by atoms with E-state index in [1.54, 1.807) is 12.1 Å². The highest BCUT2D eigenvalue weighted by molar-refractivity contribution is 5.98. The van der Waals surface area contributed by atoms with Crippen molar-refractivity contribution in [2.75, 3.05) is 6.54 Å². The lowest BCUT2D eigenvalue weighted by Gasteiger charge is -2.32. The fraction of sp³-hybridized carbons (Fsp3) is 0.308. The fourth-order valence-electron chi connectivity index (χ4n) is 2.14. The van der Waals surface area contributed by atoms with Gasteiger partial charge in [-0.25, -0.2) is 4.99 Å². The first-order chi connectivity index (χ1) is 9.29. The lowest BCUT2D eigenvalue weighted by atomic mass is 9.79. The molecular formula is C13H18N6O. The molecule has 1 aliphatic heterocycles. The van der Waals surface area contributed by atoms with Gasteiger partial charge in [0.05, 0.1) is 5.69 Å². The van der Waals surface area contributed by atoms with Crippen molar-refractivity contribution in [1.29, 1.82) is 0 Å². The Balaban J connectivity index is 2.46. The molecule has 1 heterocycles. The van der Waals surface area contributed by atoms with Gasteiger partial charge in [0.1, 0.15) is 0 Å². The third-order valence-electron chi connectivity index (χ3n) is 3.16. The number of benzene rings is 1. The molecule has 1 aliphatic rings. The van der Waals surface area contributed by atoms with Crippen LogP contribution in [0.5, 0.6) is 0 Å². The van der Waals surface area contributed by atoms with E-state index in [0.29, 0.717) is 17.8 Å². The molecule has 20 heavy (non-hydrogen) atoms. The summed E-state index contributed by atoms with van der Waals surface area (Å²) in [5.41, 5.74) is 18.1. The van der Waals surface area contributed by atoms with Crippen LogP contribution in [0.4, 0.5) is 5.69 Å². The quantitative estimate of drug-likeness (QED) is 0.421. The Morgan fingerprint density at radius 2 is 2.00 bits per heavy atom. The van der Waals surface area contributed by atoms with Crippen LogP contribution in [-0.4, -0.2) is 24.4 Å². The van der Waals surface area contributed by atoms with E-state index >= 15 is 0 Å². The summed E-state index contributed by atoms with van der Waals surface area (Å²) in [4.78, 5) is 19.6. The highest BCUT2D eigenvalue weighted by Gasteiger charge is 2.31. The van der Waals surface area contributed by atoms with Gasteiger partial charge in [-0.1, -0.05) is 13.8 Å². The van der Waals surface area contributed by atoms with Gasteiger partial charge in [-0.2, -0.15) is 4.99 Å². The Bertz CT molecular complexity index is 613. The van der Waals surface area contributed by atoms with Crippen molar-refractivity contribution in [3.8, 4) is 0 Å². The summed E-state index contributed by atoms with van der Waals surface area (Å²) in [7, 11) is 0. The first kappa shape index (κ1) is 13.9. The maximum Gasteiger partial charge on any atom is 0.251 e. The molecule has 0 fully saturated rings. The fourth-order valence-corrected chi connectivity index (χ4v) is 2.14. The molecule has 0 unspecified atom stereocenters. The van der Waals surface area contributed by atoms with E-state index in [-0.39, 0.29) is 23.2 Å². The molecule has 0 bridgehead atoms. The average Bonchev–Trinajstić information content (AvgIpc) is 2.33. The number of nitrogens with zero attached hydrogens (tertiary/aromatic N) is 2. The zero-order chi connectivity index (χ0) is 14.9. The molecule has 0 saturated carbocycles. The van der Waals surface area contributed by atoms with Crippen molar-refractivity contribution in [1.82, 2.24) is 5.32 Å². The van der Waals surface area contributed by atoms with Gasteiger partial charge in [0.15, 0.2) is 5.96 Å². The van der Waals surface area contributed by atoms with Crippen LogP contribution in [0, 0.1) is 0 Å². The van der Waals surface area contributed by atoms with Gasteiger partial charge in [0, 0.05) is 17.5 Å². The number of carbonyl (C=O) groups excluding carboxylic acids is 1. The van der Waals surface area contributed by atoms with Gasteiger partial charge < -0.3 is 22.5 Å². The second kappa shape index (κ2) is 4.84. The Labute approximate surface area is 117 Å². The highest BCUT2D eigenvalue weighted by Crippen LogP contribution is 2.32. The number of fused-ring (bicyclic) bond motifs is 1. The minimum Gasteiger partial charge on any atom is -0.370 e. The standard InChI is InChI=1S/C13H18N6O/c1-13(2)6-17-10(20)8-4-3-7(5-9(8)13)18-12(16)19-11(14)15/h3-5H,6H2,1-2H3,(H,17,20)(H6,14,15,16,18,19). The van der Waals surface area contributed by atoms with Crippen LogP contribution in [-0.2, 0) is 5.41 Å². The van der Waals surface area contributed by atoms with Crippen molar-refractivity contribution < 1.29 is 4.79 Å². The summed E-state index contributed by atoms with van der Waals surface area (Å²) in [5.74, 6) is -0.251. The van der Waals surface area contributed by atoms with Gasteiger partial charge in [-0.05, 0) is 23.8 Å². The van der Waals surface area contributed by atoms with E-state index < -0.39 is 0 Å². The van der Waals surface area contributed by atoms with Crippen molar-refractivity contribution in [3.63, 3.8) is 0 Å². The number of guanidine groups is 2. The van der Waals surface area contributed by atoms with Crippen LogP contribution in [0.25, 0.3) is 0 Å². The van der Waals surface area contributed by atoms with Crippen LogP contribution in [0.2, 0.25) is 0 Å². The SMILES string of the molecule is CC1(C)CNC(=O)c2ccc(N=C(N)N=C(N)N)cc21. The molecule has 2 rings (SSSR count). The van der Waals surface area contributed by atoms with E-state index in [0.717, 1.165) is 5.56 Å². The van der Waals surface area contributed by atoms with Crippen LogP contribution in [0.15, 0.2) is 28.2 Å². The van der Waals surface area contributed by atoms with E-state index in [1.807, 2.05) is 6.07 Å². The minimum absolute atomic E-state index is 0.0250. The summed E-state index contributed by atoms with van der Waals surface area (Å²) in [6, 6.07) is 5.27. The Morgan fingerprint density at radius 1 is 1.30 bits per heavy atom. The molecule has 7 N–H and O–H groups in total. The molecule has 0 aromatic heterocycles. The number of carbonyl (C=O) groups is 1. The molecule has 106 valence electrons. The third-order valence-corrected chi connectivity index (χ3v) is 3.16.